The molecular weight excluding hydrogens is 378 g/mol. The van der Waals surface area contributed by atoms with Crippen LogP contribution in [-0.2, 0) is 19.0 Å². The fourth-order valence-electron chi connectivity index (χ4n) is 3.25. The van der Waals surface area contributed by atoms with E-state index in [9.17, 15) is 14.7 Å². The van der Waals surface area contributed by atoms with Crippen molar-refractivity contribution in [3.63, 3.8) is 0 Å². The molecule has 8 nitrogen and oxygen atoms in total. The molecule has 156 valence electrons. The maximum atomic E-state index is 12.6. The molecule has 1 fully saturated rings. The van der Waals surface area contributed by atoms with Crippen LogP contribution in [0.4, 0.5) is 0 Å². The first kappa shape index (κ1) is 21.0. The number of carbonyl (C=O) groups is 2. The summed E-state index contributed by atoms with van der Waals surface area (Å²) >= 11 is 0. The number of allylic oxidation sites excluding steroid dienone is 1. The van der Waals surface area contributed by atoms with Crippen LogP contribution in [0.1, 0.15) is 36.5 Å². The van der Waals surface area contributed by atoms with E-state index in [4.69, 9.17) is 19.3 Å². The second kappa shape index (κ2) is 9.69. The van der Waals surface area contributed by atoms with Crippen molar-refractivity contribution >= 4 is 22.8 Å². The van der Waals surface area contributed by atoms with E-state index in [1.165, 1.54) is 0 Å². The third kappa shape index (κ3) is 5.44. The average Bonchev–Trinajstić information content (AvgIpc) is 3.12. The third-order valence-corrected chi connectivity index (χ3v) is 4.79. The largest absolute Gasteiger partial charge is 0.478 e. The van der Waals surface area contributed by atoms with E-state index < -0.39 is 36.5 Å². The highest BCUT2D eigenvalue weighted by molar-refractivity contribution is 6.04. The zero-order valence-electron chi connectivity index (χ0n) is 16.1. The number of aliphatic hydroxyl groups excluding tert-OH is 1. The van der Waals surface area contributed by atoms with Crippen molar-refractivity contribution in [2.24, 2.45) is 0 Å². The highest BCUT2D eigenvalue weighted by Crippen LogP contribution is 2.26. The minimum absolute atomic E-state index is 0.207. The molecule has 0 bridgehead atoms. The smallest absolute Gasteiger partial charge is 0.340 e. The molecule has 2 heterocycles. The number of H-pyrrole nitrogens is 1. The predicted octanol–water partition coefficient (Wildman–Crippen LogP) is 2.63. The molecule has 3 rings (SSSR count). The van der Waals surface area contributed by atoms with E-state index in [0.717, 1.165) is 17.0 Å². The van der Waals surface area contributed by atoms with E-state index in [2.05, 4.69) is 4.98 Å². The Bertz CT molecular complexity index is 875. The molecule has 1 saturated heterocycles. The van der Waals surface area contributed by atoms with Gasteiger partial charge >= 0.3 is 11.9 Å². The summed E-state index contributed by atoms with van der Waals surface area (Å²) in [5.41, 5.74) is 1.29. The number of carboxylic acids is 1. The number of aliphatic carboxylic acids is 1. The molecule has 0 radical (unpaired) electrons. The van der Waals surface area contributed by atoms with Crippen molar-refractivity contribution in [3.8, 4) is 0 Å². The Morgan fingerprint density at radius 2 is 2.14 bits per heavy atom. The number of carboxylic acid groups (broad SMARTS) is 1. The maximum Gasteiger partial charge on any atom is 0.340 e. The number of aromatic nitrogens is 1. The van der Waals surface area contributed by atoms with Crippen molar-refractivity contribution in [2.75, 3.05) is 6.61 Å². The van der Waals surface area contributed by atoms with Crippen molar-refractivity contribution in [3.05, 3.63) is 48.2 Å². The highest BCUT2D eigenvalue weighted by Gasteiger charge is 2.38. The van der Waals surface area contributed by atoms with Crippen LogP contribution in [0, 0.1) is 0 Å². The zero-order chi connectivity index (χ0) is 20.8. The number of unbranched alkanes of at least 4 members (excludes halogenated alkanes) is 1. The van der Waals surface area contributed by atoms with Crippen molar-refractivity contribution in [1.29, 1.82) is 0 Å². The molecule has 1 aromatic carbocycles. The molecule has 0 aliphatic carbocycles. The van der Waals surface area contributed by atoms with E-state index in [1.807, 2.05) is 24.3 Å². The molecule has 29 heavy (non-hydrogen) atoms. The van der Waals surface area contributed by atoms with Gasteiger partial charge in [-0.25, -0.2) is 9.59 Å². The first-order valence-electron chi connectivity index (χ1n) is 9.57. The summed E-state index contributed by atoms with van der Waals surface area (Å²) in [6.07, 6.45) is 2.83. The van der Waals surface area contributed by atoms with Gasteiger partial charge < -0.3 is 29.4 Å². The van der Waals surface area contributed by atoms with E-state index >= 15 is 0 Å². The molecule has 0 amide bonds. The van der Waals surface area contributed by atoms with Crippen LogP contribution in [0.5, 0.6) is 0 Å². The summed E-state index contributed by atoms with van der Waals surface area (Å²) < 4.78 is 16.8. The first-order valence-corrected chi connectivity index (χ1v) is 9.57. The van der Waals surface area contributed by atoms with Gasteiger partial charge in [0.15, 0.2) is 6.29 Å². The van der Waals surface area contributed by atoms with Gasteiger partial charge in [0.05, 0.1) is 18.3 Å². The van der Waals surface area contributed by atoms with Gasteiger partial charge in [0.2, 0.25) is 0 Å². The van der Waals surface area contributed by atoms with Gasteiger partial charge in [0.1, 0.15) is 12.2 Å². The van der Waals surface area contributed by atoms with Crippen LogP contribution in [0.3, 0.4) is 0 Å². The SMILES string of the molecule is CC1OC(OCCC/C=C/C(=O)O)[C@@H](O)C[C@H]1OC(=O)c1c[nH]c2ccccc12. The Morgan fingerprint density at radius 3 is 2.93 bits per heavy atom. The summed E-state index contributed by atoms with van der Waals surface area (Å²) in [7, 11) is 0. The summed E-state index contributed by atoms with van der Waals surface area (Å²) in [6.45, 7) is 2.09. The van der Waals surface area contributed by atoms with Crippen LogP contribution in [0.15, 0.2) is 42.6 Å². The van der Waals surface area contributed by atoms with Gasteiger partial charge in [0.25, 0.3) is 0 Å². The average molecular weight is 403 g/mol. The number of rotatable bonds is 8. The van der Waals surface area contributed by atoms with Crippen molar-refractivity contribution in [2.45, 2.75) is 50.8 Å². The fraction of sp³-hybridized carbons (Fsp3) is 0.429. The normalized spacial score (nSPS) is 24.8. The number of fused-ring (bicyclic) bond motifs is 1. The Morgan fingerprint density at radius 1 is 1.34 bits per heavy atom. The quantitative estimate of drug-likeness (QED) is 0.352. The van der Waals surface area contributed by atoms with Crippen molar-refractivity contribution < 1.29 is 34.0 Å². The summed E-state index contributed by atoms with van der Waals surface area (Å²) in [5, 5.41) is 19.6. The lowest BCUT2D eigenvalue weighted by Gasteiger charge is -2.37. The van der Waals surface area contributed by atoms with Crippen LogP contribution in [0.25, 0.3) is 10.9 Å². The standard InChI is InChI=1S/C21H25NO7/c1-13-18(29-20(26)15-12-22-16-8-5-4-7-14(15)16)11-17(23)21(28-13)27-10-6-2-3-9-19(24)25/h3-5,7-9,12-13,17-18,21-23H,2,6,10-11H2,1H3,(H,24,25)/b9-3+/t13?,17-,18+,21?/m0/s1. The lowest BCUT2D eigenvalue weighted by molar-refractivity contribution is -0.260. The van der Waals surface area contributed by atoms with Gasteiger partial charge in [0, 0.05) is 29.6 Å². The van der Waals surface area contributed by atoms with Gasteiger partial charge in [-0.3, -0.25) is 0 Å². The minimum Gasteiger partial charge on any atom is -0.478 e. The van der Waals surface area contributed by atoms with Gasteiger partial charge in [-0.15, -0.1) is 0 Å². The summed E-state index contributed by atoms with van der Waals surface area (Å²) in [4.78, 5) is 26.0. The molecular formula is C21H25NO7. The number of carbonyl (C=O) groups excluding carboxylic acids is 1. The molecule has 4 atom stereocenters. The number of hydrogen-bond donors (Lipinski definition) is 3. The molecule has 0 spiro atoms. The van der Waals surface area contributed by atoms with Crippen LogP contribution < -0.4 is 0 Å². The predicted molar refractivity (Wildman–Crippen MR) is 104 cm³/mol. The molecule has 0 saturated carbocycles. The molecule has 2 aromatic rings. The number of para-hydroxylation sites is 1. The number of esters is 1. The number of benzene rings is 1. The second-order valence-corrected chi connectivity index (χ2v) is 6.96. The van der Waals surface area contributed by atoms with Crippen LogP contribution in [-0.4, -0.2) is 58.3 Å². The maximum absolute atomic E-state index is 12.6. The zero-order valence-corrected chi connectivity index (χ0v) is 16.1. The third-order valence-electron chi connectivity index (χ3n) is 4.79. The number of aromatic amines is 1. The Kier molecular flexibility index (Phi) is 7.03. The van der Waals surface area contributed by atoms with E-state index in [-0.39, 0.29) is 6.42 Å². The molecule has 1 aliphatic rings. The topological polar surface area (TPSA) is 118 Å². The monoisotopic (exact) mass is 403 g/mol. The summed E-state index contributed by atoms with van der Waals surface area (Å²) in [6, 6.07) is 7.45. The van der Waals surface area contributed by atoms with Gasteiger partial charge in [-0.05, 0) is 25.8 Å². The van der Waals surface area contributed by atoms with E-state index in [1.54, 1.807) is 19.2 Å². The molecule has 1 aromatic heterocycles. The Labute approximate surface area is 168 Å². The number of nitrogens with one attached hydrogen (secondary N) is 1. The summed E-state index contributed by atoms with van der Waals surface area (Å²) in [5.74, 6) is -1.46. The van der Waals surface area contributed by atoms with Gasteiger partial charge in [-0.1, -0.05) is 24.3 Å². The van der Waals surface area contributed by atoms with Crippen molar-refractivity contribution in [1.82, 2.24) is 4.98 Å². The molecule has 1 aliphatic heterocycles. The lowest BCUT2D eigenvalue weighted by Crippen LogP contribution is -2.48. The number of ether oxygens (including phenoxy) is 3. The Balaban J connectivity index is 1.49. The molecule has 8 heteroatoms. The van der Waals surface area contributed by atoms with Gasteiger partial charge in [-0.2, -0.15) is 0 Å². The van der Waals surface area contributed by atoms with Crippen LogP contribution >= 0.6 is 0 Å². The second-order valence-electron chi connectivity index (χ2n) is 6.96. The number of aliphatic hydroxyl groups is 1. The van der Waals surface area contributed by atoms with E-state index in [0.29, 0.717) is 25.0 Å². The minimum atomic E-state index is -0.987. The molecule has 3 N–H and O–H groups in total. The molecule has 2 unspecified atom stereocenters. The number of hydrogen-bond acceptors (Lipinski definition) is 6. The lowest BCUT2D eigenvalue weighted by atomic mass is 10.0. The Hall–Kier alpha value is -2.68. The highest BCUT2D eigenvalue weighted by atomic mass is 16.7. The van der Waals surface area contributed by atoms with Crippen LogP contribution in [0.2, 0.25) is 0 Å². The fourth-order valence-corrected chi connectivity index (χ4v) is 3.25. The first-order chi connectivity index (χ1) is 14.0.